The molecule has 0 amide bonds. The normalized spacial score (nSPS) is 10.2. The van der Waals surface area contributed by atoms with E-state index >= 15 is 0 Å². The summed E-state index contributed by atoms with van der Waals surface area (Å²) in [7, 11) is 0. The molecule has 21 heavy (non-hydrogen) atoms. The maximum atomic E-state index is 5.92. The lowest BCUT2D eigenvalue weighted by Crippen LogP contribution is -2.29. The fraction of sp³-hybridized carbons (Fsp3) is 0.188. The van der Waals surface area contributed by atoms with E-state index in [0.717, 1.165) is 30.1 Å². The molecular weight excluding hydrogens is 323 g/mol. The van der Waals surface area contributed by atoms with Crippen LogP contribution in [0.1, 0.15) is 12.0 Å². The van der Waals surface area contributed by atoms with Crippen LogP contribution in [0.2, 0.25) is 10.0 Å². The van der Waals surface area contributed by atoms with E-state index < -0.39 is 0 Å². The molecule has 2 aromatic rings. The fourth-order valence-electron chi connectivity index (χ4n) is 1.89. The van der Waals surface area contributed by atoms with Gasteiger partial charge in [0.1, 0.15) is 0 Å². The molecule has 110 valence electrons. The fourth-order valence-corrected chi connectivity index (χ4v) is 2.42. The average Bonchev–Trinajstić information content (AvgIpc) is 2.45. The predicted octanol–water partition coefficient (Wildman–Crippen LogP) is 4.91. The number of aryl methyl sites for hydroxylation is 1. The van der Waals surface area contributed by atoms with Crippen molar-refractivity contribution in [1.82, 2.24) is 5.32 Å². The molecule has 5 heteroatoms. The first-order valence-corrected chi connectivity index (χ1v) is 7.85. The molecule has 0 heterocycles. The Morgan fingerprint density at radius 2 is 1.76 bits per heavy atom. The number of thiocarbonyl (C=S) groups is 1. The van der Waals surface area contributed by atoms with Crippen LogP contribution in [0.4, 0.5) is 5.69 Å². The largest absolute Gasteiger partial charge is 0.362 e. The van der Waals surface area contributed by atoms with Crippen LogP contribution in [0.5, 0.6) is 0 Å². The highest BCUT2D eigenvalue weighted by molar-refractivity contribution is 7.80. The van der Waals surface area contributed by atoms with Crippen molar-refractivity contribution in [3.8, 4) is 0 Å². The van der Waals surface area contributed by atoms with Crippen LogP contribution in [-0.4, -0.2) is 11.7 Å². The third-order valence-electron chi connectivity index (χ3n) is 2.92. The second-order valence-electron chi connectivity index (χ2n) is 4.62. The Labute approximate surface area is 140 Å². The van der Waals surface area contributed by atoms with Crippen molar-refractivity contribution in [2.24, 2.45) is 0 Å². The van der Waals surface area contributed by atoms with E-state index in [1.54, 1.807) is 0 Å². The van der Waals surface area contributed by atoms with Gasteiger partial charge in [0.15, 0.2) is 5.11 Å². The Morgan fingerprint density at radius 3 is 2.48 bits per heavy atom. The smallest absolute Gasteiger partial charge is 0.170 e. The van der Waals surface area contributed by atoms with Crippen LogP contribution >= 0.6 is 35.4 Å². The summed E-state index contributed by atoms with van der Waals surface area (Å²) in [5.74, 6) is 0. The van der Waals surface area contributed by atoms with Crippen LogP contribution in [-0.2, 0) is 6.42 Å². The molecule has 2 aromatic carbocycles. The van der Waals surface area contributed by atoms with E-state index in [-0.39, 0.29) is 0 Å². The summed E-state index contributed by atoms with van der Waals surface area (Å²) in [4.78, 5) is 0. The van der Waals surface area contributed by atoms with E-state index in [4.69, 9.17) is 35.4 Å². The first kappa shape index (κ1) is 16.1. The van der Waals surface area contributed by atoms with Gasteiger partial charge in [0.25, 0.3) is 0 Å². The van der Waals surface area contributed by atoms with Crippen molar-refractivity contribution in [3.63, 3.8) is 0 Å². The van der Waals surface area contributed by atoms with Crippen molar-refractivity contribution in [2.75, 3.05) is 11.9 Å². The maximum Gasteiger partial charge on any atom is 0.170 e. The first-order valence-electron chi connectivity index (χ1n) is 6.68. The van der Waals surface area contributed by atoms with Gasteiger partial charge in [-0.1, -0.05) is 41.4 Å². The lowest BCUT2D eigenvalue weighted by Gasteiger charge is -2.10. The van der Waals surface area contributed by atoms with Crippen molar-refractivity contribution in [2.45, 2.75) is 12.8 Å². The number of rotatable bonds is 5. The van der Waals surface area contributed by atoms with Crippen molar-refractivity contribution >= 4 is 46.2 Å². The Hall–Kier alpha value is -1.29. The molecule has 0 aliphatic rings. The lowest BCUT2D eigenvalue weighted by atomic mass is 10.1. The van der Waals surface area contributed by atoms with Crippen LogP contribution in [0.3, 0.4) is 0 Å². The molecule has 0 bridgehead atoms. The number of benzene rings is 2. The predicted molar refractivity (Wildman–Crippen MR) is 95.4 cm³/mol. The highest BCUT2D eigenvalue weighted by Gasteiger charge is 1.99. The summed E-state index contributed by atoms with van der Waals surface area (Å²) >= 11 is 17.0. The topological polar surface area (TPSA) is 24.1 Å². The summed E-state index contributed by atoms with van der Waals surface area (Å²) in [6.45, 7) is 0.815. The van der Waals surface area contributed by atoms with E-state index in [9.17, 15) is 0 Å². The molecule has 0 spiro atoms. The molecule has 0 atom stereocenters. The molecular formula is C16H16Cl2N2S. The van der Waals surface area contributed by atoms with E-state index in [0.29, 0.717) is 10.1 Å². The van der Waals surface area contributed by atoms with Gasteiger partial charge in [0, 0.05) is 22.3 Å². The van der Waals surface area contributed by atoms with Gasteiger partial charge < -0.3 is 10.6 Å². The molecule has 2 nitrogen and oxygen atoms in total. The highest BCUT2D eigenvalue weighted by atomic mass is 35.5. The molecule has 0 unspecified atom stereocenters. The van der Waals surface area contributed by atoms with Gasteiger partial charge in [0.2, 0.25) is 0 Å². The molecule has 2 N–H and O–H groups in total. The number of hydrogen-bond acceptors (Lipinski definition) is 1. The summed E-state index contributed by atoms with van der Waals surface area (Å²) in [5.41, 5.74) is 2.16. The number of hydrogen-bond donors (Lipinski definition) is 2. The molecule has 0 saturated heterocycles. The first-order chi connectivity index (χ1) is 10.1. The minimum absolute atomic E-state index is 0.605. The Bertz CT molecular complexity index is 599. The third-order valence-corrected chi connectivity index (χ3v) is 3.66. The average molecular weight is 339 g/mol. The summed E-state index contributed by atoms with van der Waals surface area (Å²) in [6.07, 6.45) is 1.99. The Balaban J connectivity index is 1.68. The zero-order valence-electron chi connectivity index (χ0n) is 11.4. The molecule has 0 aliphatic heterocycles. The van der Waals surface area contributed by atoms with Gasteiger partial charge in [-0.05, 0) is 61.0 Å². The number of anilines is 1. The molecule has 0 aliphatic carbocycles. The highest BCUT2D eigenvalue weighted by Crippen LogP contribution is 2.14. The van der Waals surface area contributed by atoms with Gasteiger partial charge >= 0.3 is 0 Å². The summed E-state index contributed by atoms with van der Waals surface area (Å²) in [6, 6.07) is 15.4. The number of halogens is 2. The van der Waals surface area contributed by atoms with E-state index in [1.807, 2.05) is 48.5 Å². The van der Waals surface area contributed by atoms with Crippen LogP contribution < -0.4 is 10.6 Å². The van der Waals surface area contributed by atoms with Crippen molar-refractivity contribution in [3.05, 3.63) is 64.1 Å². The Morgan fingerprint density at radius 1 is 1.00 bits per heavy atom. The lowest BCUT2D eigenvalue weighted by molar-refractivity contribution is 0.777. The van der Waals surface area contributed by atoms with Crippen LogP contribution in [0.25, 0.3) is 0 Å². The van der Waals surface area contributed by atoms with Gasteiger partial charge in [-0.3, -0.25) is 0 Å². The second kappa shape index (κ2) is 8.23. The van der Waals surface area contributed by atoms with Gasteiger partial charge in [0.05, 0.1) is 0 Å². The molecule has 2 rings (SSSR count). The zero-order chi connectivity index (χ0) is 15.1. The van der Waals surface area contributed by atoms with E-state index in [2.05, 4.69) is 10.6 Å². The van der Waals surface area contributed by atoms with E-state index in [1.165, 1.54) is 5.56 Å². The van der Waals surface area contributed by atoms with Gasteiger partial charge in [-0.15, -0.1) is 0 Å². The Kier molecular flexibility index (Phi) is 6.30. The minimum Gasteiger partial charge on any atom is -0.362 e. The standard InChI is InChI=1S/C16H16Cl2N2S/c17-13-8-6-12(7-9-13)3-2-10-19-16(21)20-15-5-1-4-14(18)11-15/h1,4-9,11H,2-3,10H2,(H2,19,20,21). The third kappa shape index (κ3) is 5.92. The summed E-state index contributed by atoms with van der Waals surface area (Å²) < 4.78 is 0. The number of nitrogens with one attached hydrogen (secondary N) is 2. The van der Waals surface area contributed by atoms with Crippen LogP contribution in [0, 0.1) is 0 Å². The van der Waals surface area contributed by atoms with Gasteiger partial charge in [-0.2, -0.15) is 0 Å². The molecule has 0 saturated carbocycles. The second-order valence-corrected chi connectivity index (χ2v) is 5.90. The molecule has 0 aromatic heterocycles. The SMILES string of the molecule is S=C(NCCCc1ccc(Cl)cc1)Nc1cccc(Cl)c1. The molecule has 0 fully saturated rings. The quantitative estimate of drug-likeness (QED) is 0.598. The van der Waals surface area contributed by atoms with Crippen molar-refractivity contribution in [1.29, 1.82) is 0 Å². The molecule has 0 radical (unpaired) electrons. The summed E-state index contributed by atoms with van der Waals surface area (Å²) in [5, 5.41) is 8.35. The zero-order valence-corrected chi connectivity index (χ0v) is 13.7. The van der Waals surface area contributed by atoms with Gasteiger partial charge in [-0.25, -0.2) is 0 Å². The van der Waals surface area contributed by atoms with Crippen molar-refractivity contribution < 1.29 is 0 Å². The van der Waals surface area contributed by atoms with Crippen LogP contribution in [0.15, 0.2) is 48.5 Å². The maximum absolute atomic E-state index is 5.92. The monoisotopic (exact) mass is 338 g/mol. The minimum atomic E-state index is 0.605.